The third kappa shape index (κ3) is 3.74. The lowest BCUT2D eigenvalue weighted by Gasteiger charge is -2.28. The van der Waals surface area contributed by atoms with Crippen molar-refractivity contribution < 1.29 is 17.9 Å². The van der Waals surface area contributed by atoms with Gasteiger partial charge in [0.05, 0.1) is 12.9 Å². The molecule has 0 unspecified atom stereocenters. The minimum Gasteiger partial charge on any atom is -0.453 e. The molecule has 1 aromatic carbocycles. The number of nitrogens with one attached hydrogen (secondary N) is 1. The van der Waals surface area contributed by atoms with Gasteiger partial charge in [-0.1, -0.05) is 13.0 Å². The Morgan fingerprint density at radius 1 is 1.38 bits per heavy atom. The van der Waals surface area contributed by atoms with Gasteiger partial charge in [-0.25, -0.2) is 13.2 Å². The van der Waals surface area contributed by atoms with Crippen LogP contribution in [0.25, 0.3) is 0 Å². The van der Waals surface area contributed by atoms with Crippen LogP contribution in [0.1, 0.15) is 24.5 Å². The van der Waals surface area contributed by atoms with Gasteiger partial charge in [0.1, 0.15) is 0 Å². The van der Waals surface area contributed by atoms with E-state index in [2.05, 4.69) is 10.1 Å². The number of hydrogen-bond acceptors (Lipinski definition) is 4. The molecule has 0 aromatic heterocycles. The smallest absolute Gasteiger partial charge is 0.411 e. The van der Waals surface area contributed by atoms with Crippen molar-refractivity contribution in [1.82, 2.24) is 4.31 Å². The second kappa shape index (κ2) is 6.44. The lowest BCUT2D eigenvalue weighted by Crippen LogP contribution is -2.37. The number of amides is 1. The Bertz CT molecular complexity index is 628. The Labute approximate surface area is 125 Å². The van der Waals surface area contributed by atoms with E-state index in [1.807, 2.05) is 13.0 Å². The number of anilines is 1. The van der Waals surface area contributed by atoms with E-state index in [1.54, 1.807) is 12.1 Å². The van der Waals surface area contributed by atoms with Crippen LogP contribution in [0.2, 0.25) is 0 Å². The third-order valence-electron chi connectivity index (χ3n) is 3.47. The molecule has 1 N–H and O–H groups in total. The summed E-state index contributed by atoms with van der Waals surface area (Å²) in [6.07, 6.45) is 0.757. The zero-order chi connectivity index (χ0) is 15.5. The molecule has 7 heteroatoms. The van der Waals surface area contributed by atoms with Gasteiger partial charge in [-0.2, -0.15) is 4.31 Å². The van der Waals surface area contributed by atoms with Crippen molar-refractivity contribution in [2.24, 2.45) is 0 Å². The summed E-state index contributed by atoms with van der Waals surface area (Å²) in [5, 5.41) is 2.59. The first-order valence-corrected chi connectivity index (χ1v) is 8.51. The fourth-order valence-corrected chi connectivity index (χ4v) is 3.88. The number of benzene rings is 1. The van der Waals surface area contributed by atoms with E-state index in [0.717, 1.165) is 11.1 Å². The van der Waals surface area contributed by atoms with E-state index in [0.29, 0.717) is 31.6 Å². The van der Waals surface area contributed by atoms with Crippen LogP contribution >= 0.6 is 0 Å². The van der Waals surface area contributed by atoms with Crippen LogP contribution in [0.3, 0.4) is 0 Å². The van der Waals surface area contributed by atoms with Crippen LogP contribution in [0.5, 0.6) is 0 Å². The minimum absolute atomic E-state index is 0.169. The quantitative estimate of drug-likeness (QED) is 0.922. The summed E-state index contributed by atoms with van der Waals surface area (Å²) in [5.74, 6) is 0.169. The number of sulfonamides is 1. The van der Waals surface area contributed by atoms with E-state index in [1.165, 1.54) is 11.4 Å². The fourth-order valence-electron chi connectivity index (χ4n) is 2.40. The van der Waals surface area contributed by atoms with Crippen LogP contribution in [0.4, 0.5) is 10.5 Å². The maximum Gasteiger partial charge on any atom is 0.411 e. The van der Waals surface area contributed by atoms with Crippen LogP contribution in [-0.2, 0) is 27.7 Å². The first-order valence-electron chi connectivity index (χ1n) is 6.91. The van der Waals surface area contributed by atoms with Crippen molar-refractivity contribution in [2.45, 2.75) is 26.3 Å². The summed E-state index contributed by atoms with van der Waals surface area (Å²) in [6.45, 7) is 2.72. The summed E-state index contributed by atoms with van der Waals surface area (Å²) in [5.41, 5.74) is 2.65. The summed E-state index contributed by atoms with van der Waals surface area (Å²) in [6, 6.07) is 5.52. The topological polar surface area (TPSA) is 75.7 Å². The second-order valence-corrected chi connectivity index (χ2v) is 7.09. The van der Waals surface area contributed by atoms with Crippen molar-refractivity contribution in [1.29, 1.82) is 0 Å². The lowest BCUT2D eigenvalue weighted by atomic mass is 10.0. The molecular weight excluding hydrogens is 292 g/mol. The number of rotatable bonds is 4. The van der Waals surface area contributed by atoms with Gasteiger partial charge in [0.15, 0.2) is 0 Å². The molecule has 116 valence electrons. The largest absolute Gasteiger partial charge is 0.453 e. The van der Waals surface area contributed by atoms with Gasteiger partial charge in [0.2, 0.25) is 10.0 Å². The van der Waals surface area contributed by atoms with Gasteiger partial charge in [-0.3, -0.25) is 5.32 Å². The molecule has 0 bridgehead atoms. The number of ether oxygens (including phenoxy) is 1. The average molecular weight is 312 g/mol. The van der Waals surface area contributed by atoms with Crippen molar-refractivity contribution >= 4 is 21.8 Å². The van der Waals surface area contributed by atoms with Crippen LogP contribution in [-0.4, -0.2) is 38.2 Å². The predicted molar refractivity (Wildman–Crippen MR) is 80.7 cm³/mol. The average Bonchev–Trinajstić information content (AvgIpc) is 2.46. The molecule has 6 nitrogen and oxygen atoms in total. The highest BCUT2D eigenvalue weighted by Crippen LogP contribution is 2.24. The van der Waals surface area contributed by atoms with Gasteiger partial charge in [-0.15, -0.1) is 0 Å². The van der Waals surface area contributed by atoms with Crippen LogP contribution in [0.15, 0.2) is 18.2 Å². The first-order chi connectivity index (χ1) is 9.96. The zero-order valence-corrected chi connectivity index (χ0v) is 13.1. The standard InChI is InChI=1S/C14H20N2O4S/c1-3-8-21(18,19)16-7-6-11-4-5-13(9-12(11)10-16)15-14(17)20-2/h4-5,9H,3,6-8,10H2,1-2H3,(H,15,17). The molecule has 1 amide bonds. The molecule has 0 saturated heterocycles. The molecule has 1 aliphatic heterocycles. The van der Waals surface area contributed by atoms with Gasteiger partial charge in [0, 0.05) is 18.8 Å². The number of fused-ring (bicyclic) bond motifs is 1. The number of hydrogen-bond donors (Lipinski definition) is 1. The summed E-state index contributed by atoms with van der Waals surface area (Å²) >= 11 is 0. The molecule has 21 heavy (non-hydrogen) atoms. The van der Waals surface area contributed by atoms with E-state index >= 15 is 0 Å². The summed E-state index contributed by atoms with van der Waals surface area (Å²) in [4.78, 5) is 11.2. The lowest BCUT2D eigenvalue weighted by molar-refractivity contribution is 0.187. The molecule has 0 aliphatic carbocycles. The molecule has 0 atom stereocenters. The van der Waals surface area contributed by atoms with E-state index in [9.17, 15) is 13.2 Å². The maximum atomic E-state index is 12.1. The number of methoxy groups -OCH3 is 1. The zero-order valence-electron chi connectivity index (χ0n) is 12.3. The summed E-state index contributed by atoms with van der Waals surface area (Å²) in [7, 11) is -1.90. The van der Waals surface area contributed by atoms with Crippen molar-refractivity contribution in [2.75, 3.05) is 24.7 Å². The Morgan fingerprint density at radius 2 is 2.14 bits per heavy atom. The van der Waals surface area contributed by atoms with Gasteiger partial charge in [-0.05, 0) is 36.1 Å². The number of carbonyl (C=O) groups is 1. The highest BCUT2D eigenvalue weighted by atomic mass is 32.2. The maximum absolute atomic E-state index is 12.1. The SMILES string of the molecule is CCCS(=O)(=O)N1CCc2ccc(NC(=O)OC)cc2C1. The molecule has 2 rings (SSSR count). The molecule has 1 aromatic rings. The molecule has 1 heterocycles. The fraction of sp³-hybridized carbons (Fsp3) is 0.500. The number of carbonyl (C=O) groups excluding carboxylic acids is 1. The monoisotopic (exact) mass is 312 g/mol. The molecule has 0 radical (unpaired) electrons. The van der Waals surface area contributed by atoms with E-state index < -0.39 is 16.1 Å². The summed E-state index contributed by atoms with van der Waals surface area (Å²) < 4.78 is 30.3. The van der Waals surface area contributed by atoms with Gasteiger partial charge < -0.3 is 4.74 Å². The number of nitrogens with zero attached hydrogens (tertiary/aromatic N) is 1. The Kier molecular flexibility index (Phi) is 4.84. The molecule has 0 spiro atoms. The van der Waals surface area contributed by atoms with Crippen molar-refractivity contribution in [3.63, 3.8) is 0 Å². The molecule has 0 fully saturated rings. The predicted octanol–water partition coefficient (Wildman–Crippen LogP) is 1.96. The van der Waals surface area contributed by atoms with E-state index in [4.69, 9.17) is 0 Å². The molecule has 0 saturated carbocycles. The highest BCUT2D eigenvalue weighted by Gasteiger charge is 2.26. The highest BCUT2D eigenvalue weighted by molar-refractivity contribution is 7.89. The first kappa shape index (κ1) is 15.8. The van der Waals surface area contributed by atoms with Gasteiger partial charge in [0.25, 0.3) is 0 Å². The molecular formula is C14H20N2O4S. The normalized spacial score (nSPS) is 15.3. The van der Waals surface area contributed by atoms with Gasteiger partial charge >= 0.3 is 6.09 Å². The Hall–Kier alpha value is -1.60. The van der Waals surface area contributed by atoms with Crippen LogP contribution in [0, 0.1) is 0 Å². The van der Waals surface area contributed by atoms with Crippen molar-refractivity contribution in [3.05, 3.63) is 29.3 Å². The van der Waals surface area contributed by atoms with Crippen LogP contribution < -0.4 is 5.32 Å². The van der Waals surface area contributed by atoms with E-state index in [-0.39, 0.29) is 5.75 Å². The second-order valence-electron chi connectivity index (χ2n) is 5.00. The third-order valence-corrected chi connectivity index (χ3v) is 5.49. The Morgan fingerprint density at radius 3 is 2.81 bits per heavy atom. The minimum atomic E-state index is -3.20. The molecule has 1 aliphatic rings. The Balaban J connectivity index is 2.19. The van der Waals surface area contributed by atoms with Crippen molar-refractivity contribution in [3.8, 4) is 0 Å².